The van der Waals surface area contributed by atoms with Gasteiger partial charge in [-0.3, -0.25) is 0 Å². The number of benzene rings is 2. The summed E-state index contributed by atoms with van der Waals surface area (Å²) in [5.74, 6) is 1.78. The molecule has 24 heavy (non-hydrogen) atoms. The standard InChI is InChI=1S/C19H18ClNO3/c1-3-10-23-18-12-13(8-9-17(18)22-2)11-14(20)19-21-15-6-4-5-7-16(15)24-19/h4-9,11-12H,3,10H2,1-2H3/b14-11-. The summed E-state index contributed by atoms with van der Waals surface area (Å²) in [6, 6.07) is 13.2. The number of rotatable bonds is 6. The van der Waals surface area contributed by atoms with Gasteiger partial charge in [0.2, 0.25) is 5.89 Å². The van der Waals surface area contributed by atoms with Crippen molar-refractivity contribution >= 4 is 33.8 Å². The lowest BCUT2D eigenvalue weighted by Gasteiger charge is -2.10. The molecule has 0 atom stereocenters. The van der Waals surface area contributed by atoms with Crippen LogP contribution in [-0.4, -0.2) is 18.7 Å². The predicted molar refractivity (Wildman–Crippen MR) is 96.5 cm³/mol. The molecule has 0 radical (unpaired) electrons. The average molecular weight is 344 g/mol. The lowest BCUT2D eigenvalue weighted by Crippen LogP contribution is -1.98. The Morgan fingerprint density at radius 2 is 2.04 bits per heavy atom. The van der Waals surface area contributed by atoms with Gasteiger partial charge in [0, 0.05) is 0 Å². The van der Waals surface area contributed by atoms with Crippen molar-refractivity contribution < 1.29 is 13.9 Å². The molecule has 0 aliphatic carbocycles. The zero-order chi connectivity index (χ0) is 16.9. The molecule has 1 aromatic heterocycles. The summed E-state index contributed by atoms with van der Waals surface area (Å²) in [4.78, 5) is 4.39. The Hall–Kier alpha value is -2.46. The quantitative estimate of drug-likeness (QED) is 0.604. The van der Waals surface area contributed by atoms with Crippen LogP contribution in [0.25, 0.3) is 22.2 Å². The van der Waals surface area contributed by atoms with Crippen LogP contribution in [0.15, 0.2) is 46.9 Å². The molecule has 3 rings (SSSR count). The summed E-state index contributed by atoms with van der Waals surface area (Å²) in [6.07, 6.45) is 2.72. The Kier molecular flexibility index (Phi) is 5.06. The highest BCUT2D eigenvalue weighted by Crippen LogP contribution is 2.31. The number of ether oxygens (including phenoxy) is 2. The number of oxazole rings is 1. The topological polar surface area (TPSA) is 44.5 Å². The fraction of sp³-hybridized carbons (Fsp3) is 0.211. The molecule has 0 spiro atoms. The maximum absolute atomic E-state index is 6.38. The third-order valence-electron chi connectivity index (χ3n) is 3.44. The predicted octanol–water partition coefficient (Wildman–Crippen LogP) is 5.36. The molecule has 124 valence electrons. The largest absolute Gasteiger partial charge is 0.493 e. The van der Waals surface area contributed by atoms with Crippen molar-refractivity contribution in [3.8, 4) is 11.5 Å². The molecule has 0 unspecified atom stereocenters. The maximum atomic E-state index is 6.38. The van der Waals surface area contributed by atoms with E-state index in [0.717, 1.165) is 17.5 Å². The van der Waals surface area contributed by atoms with Crippen LogP contribution in [0.2, 0.25) is 0 Å². The van der Waals surface area contributed by atoms with Crippen LogP contribution in [-0.2, 0) is 0 Å². The molecular formula is C19H18ClNO3. The number of nitrogens with zero attached hydrogens (tertiary/aromatic N) is 1. The van der Waals surface area contributed by atoms with Gasteiger partial charge in [-0.2, -0.15) is 0 Å². The van der Waals surface area contributed by atoms with Crippen LogP contribution in [0, 0.1) is 0 Å². The van der Waals surface area contributed by atoms with E-state index in [1.807, 2.05) is 42.5 Å². The second-order valence-electron chi connectivity index (χ2n) is 5.24. The number of hydrogen-bond donors (Lipinski definition) is 0. The summed E-state index contributed by atoms with van der Waals surface area (Å²) >= 11 is 6.38. The number of methoxy groups -OCH3 is 1. The molecule has 0 aliphatic rings. The first kappa shape index (κ1) is 16.4. The minimum atomic E-state index is 0.393. The highest BCUT2D eigenvalue weighted by atomic mass is 35.5. The lowest BCUT2D eigenvalue weighted by molar-refractivity contribution is 0.294. The monoisotopic (exact) mass is 343 g/mol. The molecule has 5 heteroatoms. The van der Waals surface area contributed by atoms with E-state index in [0.29, 0.717) is 34.6 Å². The fourth-order valence-corrected chi connectivity index (χ4v) is 2.50. The molecule has 0 aliphatic heterocycles. The van der Waals surface area contributed by atoms with Gasteiger partial charge in [-0.05, 0) is 42.3 Å². The van der Waals surface area contributed by atoms with Crippen molar-refractivity contribution in [2.75, 3.05) is 13.7 Å². The van der Waals surface area contributed by atoms with Crippen LogP contribution >= 0.6 is 11.6 Å². The molecule has 2 aromatic carbocycles. The van der Waals surface area contributed by atoms with E-state index < -0.39 is 0 Å². The Morgan fingerprint density at radius 1 is 1.21 bits per heavy atom. The molecule has 0 amide bonds. The third kappa shape index (κ3) is 3.54. The minimum absolute atomic E-state index is 0.393. The normalized spacial score (nSPS) is 11.7. The average Bonchev–Trinajstić information content (AvgIpc) is 3.04. The van der Waals surface area contributed by atoms with Crippen LogP contribution in [0.1, 0.15) is 24.8 Å². The second-order valence-corrected chi connectivity index (χ2v) is 5.64. The molecule has 0 bridgehead atoms. The van der Waals surface area contributed by atoms with Gasteiger partial charge in [-0.15, -0.1) is 0 Å². The summed E-state index contributed by atoms with van der Waals surface area (Å²) in [7, 11) is 1.62. The SMILES string of the molecule is CCCOc1cc(/C=C(\Cl)c2nc3ccccc3o2)ccc1OC. The van der Waals surface area contributed by atoms with E-state index in [9.17, 15) is 0 Å². The van der Waals surface area contributed by atoms with E-state index >= 15 is 0 Å². The fourth-order valence-electron chi connectivity index (χ4n) is 2.29. The van der Waals surface area contributed by atoms with Crippen LogP contribution in [0.4, 0.5) is 0 Å². The van der Waals surface area contributed by atoms with Crippen LogP contribution < -0.4 is 9.47 Å². The molecule has 0 saturated heterocycles. The molecule has 1 heterocycles. The number of hydrogen-bond acceptors (Lipinski definition) is 4. The Labute approximate surface area is 145 Å². The van der Waals surface area contributed by atoms with Gasteiger partial charge >= 0.3 is 0 Å². The number of halogens is 1. The van der Waals surface area contributed by atoms with Crippen molar-refractivity contribution in [3.05, 3.63) is 53.9 Å². The van der Waals surface area contributed by atoms with Gasteiger partial charge in [0.15, 0.2) is 17.1 Å². The van der Waals surface area contributed by atoms with Gasteiger partial charge in [0.25, 0.3) is 0 Å². The van der Waals surface area contributed by atoms with Crippen molar-refractivity contribution in [1.29, 1.82) is 0 Å². The Balaban J connectivity index is 1.91. The van der Waals surface area contributed by atoms with Crippen molar-refractivity contribution in [2.45, 2.75) is 13.3 Å². The highest BCUT2D eigenvalue weighted by Gasteiger charge is 2.10. The number of fused-ring (bicyclic) bond motifs is 1. The molecule has 3 aromatic rings. The van der Waals surface area contributed by atoms with Gasteiger partial charge in [0.05, 0.1) is 13.7 Å². The summed E-state index contributed by atoms with van der Waals surface area (Å²) < 4.78 is 16.7. The maximum Gasteiger partial charge on any atom is 0.238 e. The minimum Gasteiger partial charge on any atom is -0.493 e. The van der Waals surface area contributed by atoms with Crippen molar-refractivity contribution in [1.82, 2.24) is 4.98 Å². The van der Waals surface area contributed by atoms with E-state index in [2.05, 4.69) is 11.9 Å². The van der Waals surface area contributed by atoms with E-state index in [-0.39, 0.29) is 0 Å². The summed E-state index contributed by atoms with van der Waals surface area (Å²) in [5, 5.41) is 0.429. The summed E-state index contributed by atoms with van der Waals surface area (Å²) in [6.45, 7) is 2.68. The number of para-hydroxylation sites is 2. The first-order valence-electron chi connectivity index (χ1n) is 7.75. The molecule has 4 nitrogen and oxygen atoms in total. The Morgan fingerprint density at radius 3 is 2.79 bits per heavy atom. The van der Waals surface area contributed by atoms with Crippen molar-refractivity contribution in [2.24, 2.45) is 0 Å². The van der Waals surface area contributed by atoms with Gasteiger partial charge in [-0.25, -0.2) is 4.98 Å². The van der Waals surface area contributed by atoms with E-state index in [4.69, 9.17) is 25.5 Å². The van der Waals surface area contributed by atoms with Gasteiger partial charge in [0.1, 0.15) is 10.5 Å². The Bertz CT molecular complexity index is 837. The van der Waals surface area contributed by atoms with E-state index in [1.165, 1.54) is 0 Å². The first-order chi connectivity index (χ1) is 11.7. The molecule has 0 N–H and O–H groups in total. The van der Waals surface area contributed by atoms with Gasteiger partial charge in [-0.1, -0.05) is 36.7 Å². The van der Waals surface area contributed by atoms with Crippen LogP contribution in [0.3, 0.4) is 0 Å². The smallest absolute Gasteiger partial charge is 0.238 e. The summed E-state index contributed by atoms with van der Waals surface area (Å²) in [5.41, 5.74) is 2.37. The zero-order valence-electron chi connectivity index (χ0n) is 13.6. The molecule has 0 fully saturated rings. The zero-order valence-corrected chi connectivity index (χ0v) is 14.3. The number of aromatic nitrogens is 1. The van der Waals surface area contributed by atoms with E-state index in [1.54, 1.807) is 13.2 Å². The molecular weight excluding hydrogens is 326 g/mol. The molecule has 0 saturated carbocycles. The van der Waals surface area contributed by atoms with Crippen molar-refractivity contribution in [3.63, 3.8) is 0 Å². The first-order valence-corrected chi connectivity index (χ1v) is 8.13. The van der Waals surface area contributed by atoms with Gasteiger partial charge < -0.3 is 13.9 Å². The highest BCUT2D eigenvalue weighted by molar-refractivity contribution is 6.50. The third-order valence-corrected chi connectivity index (χ3v) is 3.71. The van der Waals surface area contributed by atoms with Crippen LogP contribution in [0.5, 0.6) is 11.5 Å². The second kappa shape index (κ2) is 7.41. The lowest BCUT2D eigenvalue weighted by atomic mass is 10.2.